The molecule has 0 saturated carbocycles. The number of alkyl halides is 3. The number of aliphatic hydroxyl groups excluding tert-OH is 1. The predicted molar refractivity (Wildman–Crippen MR) is 96.9 cm³/mol. The summed E-state index contributed by atoms with van der Waals surface area (Å²) in [5.41, 5.74) is -0.886. The van der Waals surface area contributed by atoms with Gasteiger partial charge in [-0.3, -0.25) is 13.9 Å². The van der Waals surface area contributed by atoms with Crippen molar-refractivity contribution in [1.82, 2.24) is 9.13 Å². The van der Waals surface area contributed by atoms with Gasteiger partial charge < -0.3 is 14.6 Å². The molecule has 0 aliphatic carbocycles. The maximum absolute atomic E-state index is 12.8. The summed E-state index contributed by atoms with van der Waals surface area (Å²) < 4.78 is 48.9. The summed E-state index contributed by atoms with van der Waals surface area (Å²) in [6.45, 7) is 1.52. The maximum atomic E-state index is 12.8. The van der Waals surface area contributed by atoms with Crippen LogP contribution in [0.15, 0.2) is 38.8 Å². The molecule has 8 nitrogen and oxygen atoms in total. The monoisotopic (exact) mass is 413 g/mol. The van der Waals surface area contributed by atoms with Gasteiger partial charge in [-0.1, -0.05) is 6.07 Å². The Morgan fingerprint density at radius 1 is 1.24 bits per heavy atom. The molecule has 0 radical (unpaired) electrons. The van der Waals surface area contributed by atoms with Crippen molar-refractivity contribution in [3.63, 3.8) is 0 Å². The molecule has 1 aromatic carbocycles. The number of aromatic nitrogens is 2. The van der Waals surface area contributed by atoms with E-state index in [1.54, 1.807) is 6.92 Å². The van der Waals surface area contributed by atoms with Gasteiger partial charge in [-0.15, -0.1) is 13.2 Å². The average molecular weight is 413 g/mol. The molecule has 0 fully saturated rings. The Labute approximate surface area is 162 Å². The molecule has 0 spiro atoms. The topological polar surface area (TPSA) is 95.1 Å². The molecule has 2 heterocycles. The van der Waals surface area contributed by atoms with Crippen LogP contribution < -0.4 is 20.7 Å². The summed E-state index contributed by atoms with van der Waals surface area (Å²) in [6.07, 6.45) is -4.61. The lowest BCUT2D eigenvalue weighted by atomic mass is 10.1. The summed E-state index contributed by atoms with van der Waals surface area (Å²) in [5, 5.41) is 8.98. The predicted octanol–water partition coefficient (Wildman–Crippen LogP) is 2.05. The fraction of sp³-hybridized carbons (Fsp3) is 0.389. The smallest absolute Gasteiger partial charge is 0.442 e. The lowest BCUT2D eigenvalue weighted by molar-refractivity contribution is -0.274. The van der Waals surface area contributed by atoms with E-state index in [9.17, 15) is 22.8 Å². The zero-order chi connectivity index (χ0) is 21.3. The number of hydrogen-bond donors (Lipinski definition) is 1. The second kappa shape index (κ2) is 7.74. The van der Waals surface area contributed by atoms with Crippen molar-refractivity contribution in [3.8, 4) is 11.5 Å². The minimum Gasteiger partial charge on any atom is -0.442 e. The molecule has 1 aliphatic heterocycles. The third-order valence-electron chi connectivity index (χ3n) is 4.37. The Bertz CT molecular complexity index is 1070. The number of hydrogen-bond acceptors (Lipinski definition) is 6. The Hall–Kier alpha value is -3.08. The van der Waals surface area contributed by atoms with E-state index < -0.39 is 29.3 Å². The fourth-order valence-electron chi connectivity index (χ4n) is 3.01. The number of benzene rings is 1. The van der Waals surface area contributed by atoms with Crippen LogP contribution in [0.5, 0.6) is 11.5 Å². The van der Waals surface area contributed by atoms with Crippen LogP contribution in [0.4, 0.5) is 19.0 Å². The van der Waals surface area contributed by atoms with Crippen molar-refractivity contribution in [2.75, 3.05) is 6.61 Å². The van der Waals surface area contributed by atoms with Gasteiger partial charge in [0.1, 0.15) is 17.3 Å². The second-order valence-corrected chi connectivity index (χ2v) is 6.41. The van der Waals surface area contributed by atoms with Gasteiger partial charge in [0.2, 0.25) is 5.90 Å². The van der Waals surface area contributed by atoms with Crippen molar-refractivity contribution >= 4 is 11.7 Å². The molecule has 156 valence electrons. The van der Waals surface area contributed by atoms with Crippen molar-refractivity contribution in [3.05, 3.63) is 50.7 Å². The molecule has 1 aromatic heterocycles. The summed E-state index contributed by atoms with van der Waals surface area (Å²) in [4.78, 5) is 29.4. The summed E-state index contributed by atoms with van der Waals surface area (Å²) in [5.74, 6) is -0.855. The SMILES string of the molecule is C[C@H]1C(Oc2cccc(OC(F)(F)F)c2)=Nc2c1c(=O)n(CCCO)c(=O)n2C. The lowest BCUT2D eigenvalue weighted by Gasteiger charge is -2.13. The molecule has 11 heteroatoms. The van der Waals surface area contributed by atoms with E-state index in [1.165, 1.54) is 23.7 Å². The molecule has 3 rings (SSSR count). The van der Waals surface area contributed by atoms with Gasteiger partial charge in [0.15, 0.2) is 0 Å². The zero-order valence-corrected chi connectivity index (χ0v) is 15.6. The van der Waals surface area contributed by atoms with Gasteiger partial charge in [-0.2, -0.15) is 4.99 Å². The largest absolute Gasteiger partial charge is 0.573 e. The van der Waals surface area contributed by atoms with Crippen molar-refractivity contribution < 1.29 is 27.8 Å². The molecule has 0 unspecified atom stereocenters. The van der Waals surface area contributed by atoms with Crippen LogP contribution in [-0.4, -0.2) is 33.1 Å². The van der Waals surface area contributed by atoms with Gasteiger partial charge in [0, 0.05) is 26.3 Å². The van der Waals surface area contributed by atoms with Crippen LogP contribution in [0.1, 0.15) is 24.8 Å². The second-order valence-electron chi connectivity index (χ2n) is 6.41. The Kier molecular flexibility index (Phi) is 5.51. The molecule has 29 heavy (non-hydrogen) atoms. The van der Waals surface area contributed by atoms with E-state index in [2.05, 4.69) is 9.73 Å². The van der Waals surface area contributed by atoms with Crippen LogP contribution >= 0.6 is 0 Å². The third-order valence-corrected chi connectivity index (χ3v) is 4.37. The molecule has 0 amide bonds. The fourth-order valence-corrected chi connectivity index (χ4v) is 3.01. The van der Waals surface area contributed by atoms with Gasteiger partial charge in [-0.05, 0) is 25.5 Å². The lowest BCUT2D eigenvalue weighted by Crippen LogP contribution is -2.41. The Morgan fingerprint density at radius 3 is 2.59 bits per heavy atom. The third kappa shape index (κ3) is 4.19. The van der Waals surface area contributed by atoms with Gasteiger partial charge >= 0.3 is 12.1 Å². The van der Waals surface area contributed by atoms with Crippen LogP contribution in [-0.2, 0) is 13.6 Å². The summed E-state index contributed by atoms with van der Waals surface area (Å²) in [7, 11) is 1.45. The van der Waals surface area contributed by atoms with E-state index in [-0.39, 0.29) is 42.6 Å². The van der Waals surface area contributed by atoms with Crippen LogP contribution in [0, 0.1) is 0 Å². The highest BCUT2D eigenvalue weighted by Gasteiger charge is 2.33. The Morgan fingerprint density at radius 2 is 1.93 bits per heavy atom. The number of rotatable bonds is 5. The molecular formula is C18H18F3N3O5. The van der Waals surface area contributed by atoms with Crippen LogP contribution in [0.2, 0.25) is 0 Å². The molecule has 1 atom stereocenters. The first-order valence-electron chi connectivity index (χ1n) is 8.69. The zero-order valence-electron chi connectivity index (χ0n) is 15.6. The van der Waals surface area contributed by atoms with E-state index in [0.717, 1.165) is 16.7 Å². The van der Waals surface area contributed by atoms with Gasteiger partial charge in [-0.25, -0.2) is 4.79 Å². The van der Waals surface area contributed by atoms with E-state index in [4.69, 9.17) is 9.84 Å². The maximum Gasteiger partial charge on any atom is 0.573 e. The highest BCUT2D eigenvalue weighted by molar-refractivity contribution is 5.92. The molecule has 0 bridgehead atoms. The normalized spacial score (nSPS) is 15.8. The summed E-state index contributed by atoms with van der Waals surface area (Å²) in [6, 6.07) is 4.91. The molecule has 2 aromatic rings. The minimum atomic E-state index is -4.84. The first kappa shape index (κ1) is 20.6. The first-order chi connectivity index (χ1) is 13.6. The molecule has 1 N–H and O–H groups in total. The number of fused-ring (bicyclic) bond motifs is 1. The van der Waals surface area contributed by atoms with Gasteiger partial charge in [0.25, 0.3) is 5.56 Å². The van der Waals surface area contributed by atoms with Crippen LogP contribution in [0.25, 0.3) is 0 Å². The van der Waals surface area contributed by atoms with E-state index in [0.29, 0.717) is 0 Å². The van der Waals surface area contributed by atoms with E-state index in [1.807, 2.05) is 0 Å². The average Bonchev–Trinajstić information content (AvgIpc) is 2.95. The standard InChI is InChI=1S/C18H18F3N3O5/c1-10-13-14(23(2)17(27)24(16(13)26)7-4-8-25)22-15(10)28-11-5-3-6-12(9-11)29-18(19,20)21/h3,5-6,9-10,25H,4,7-8H2,1-2H3/t10-/m1/s1. The summed E-state index contributed by atoms with van der Waals surface area (Å²) >= 11 is 0. The van der Waals surface area contributed by atoms with Crippen molar-refractivity contribution in [2.45, 2.75) is 32.2 Å². The molecule has 1 aliphatic rings. The highest BCUT2D eigenvalue weighted by atomic mass is 19.4. The minimum absolute atomic E-state index is 0.0377. The van der Waals surface area contributed by atoms with E-state index >= 15 is 0 Å². The molecule has 0 saturated heterocycles. The van der Waals surface area contributed by atoms with Crippen molar-refractivity contribution in [2.24, 2.45) is 12.0 Å². The number of nitrogens with zero attached hydrogens (tertiary/aromatic N) is 3. The van der Waals surface area contributed by atoms with Gasteiger partial charge in [0.05, 0.1) is 11.5 Å². The van der Waals surface area contributed by atoms with Crippen molar-refractivity contribution in [1.29, 1.82) is 0 Å². The number of halogens is 3. The number of aliphatic hydroxyl groups is 1. The first-order valence-corrected chi connectivity index (χ1v) is 8.69. The molecular weight excluding hydrogens is 395 g/mol. The highest BCUT2D eigenvalue weighted by Crippen LogP contribution is 2.33. The Balaban J connectivity index is 1.93. The number of aliphatic imine (C=N–C) groups is 1. The van der Waals surface area contributed by atoms with Crippen LogP contribution in [0.3, 0.4) is 0 Å². The quantitative estimate of drug-likeness (QED) is 0.810. The number of ether oxygens (including phenoxy) is 2.